The number of carbonyl (C=O) groups is 1. The lowest BCUT2D eigenvalue weighted by Gasteiger charge is -2.22. The van der Waals surface area contributed by atoms with Crippen molar-refractivity contribution in [2.24, 2.45) is 7.05 Å². The average molecular weight is 465 g/mol. The van der Waals surface area contributed by atoms with Crippen LogP contribution in [0.25, 0.3) is 10.9 Å². The van der Waals surface area contributed by atoms with Crippen LogP contribution in [-0.4, -0.2) is 10.5 Å². The summed E-state index contributed by atoms with van der Waals surface area (Å²) in [7, 11) is 2.07. The van der Waals surface area contributed by atoms with E-state index in [0.717, 1.165) is 12.0 Å². The van der Waals surface area contributed by atoms with Crippen molar-refractivity contribution in [1.29, 1.82) is 0 Å². The van der Waals surface area contributed by atoms with Crippen molar-refractivity contribution in [2.75, 3.05) is 0 Å². The molecule has 0 aliphatic rings. The smallest absolute Gasteiger partial charge is 0.221 e. The molecule has 0 aliphatic carbocycles. The summed E-state index contributed by atoms with van der Waals surface area (Å²) in [5.74, 6) is 0.0689. The Morgan fingerprint density at radius 2 is 1.59 bits per heavy atom. The molecule has 1 N–H and O–H groups in total. The zero-order valence-electron chi connectivity index (χ0n) is 19.2. The minimum Gasteiger partial charge on any atom is -0.350 e. The fourth-order valence-electron chi connectivity index (χ4n) is 4.76. The van der Waals surface area contributed by atoms with E-state index in [1.54, 1.807) is 11.3 Å². The first-order chi connectivity index (χ1) is 16.7. The molecule has 0 fully saturated rings. The van der Waals surface area contributed by atoms with Gasteiger partial charge in [0.2, 0.25) is 5.91 Å². The second kappa shape index (κ2) is 10.1. The van der Waals surface area contributed by atoms with E-state index in [2.05, 4.69) is 88.5 Å². The summed E-state index contributed by atoms with van der Waals surface area (Å²) in [5.41, 5.74) is 5.91. The van der Waals surface area contributed by atoms with Crippen molar-refractivity contribution < 1.29 is 4.79 Å². The molecule has 170 valence electrons. The minimum absolute atomic E-state index is 0.00509. The van der Waals surface area contributed by atoms with Crippen molar-refractivity contribution in [3.63, 3.8) is 0 Å². The lowest BCUT2D eigenvalue weighted by atomic mass is 9.89. The Morgan fingerprint density at radius 1 is 0.882 bits per heavy atom. The van der Waals surface area contributed by atoms with Crippen LogP contribution in [0.1, 0.15) is 40.6 Å². The number of carbonyl (C=O) groups excluding carboxylic acids is 1. The molecule has 0 saturated carbocycles. The zero-order chi connectivity index (χ0) is 23.3. The Kier molecular flexibility index (Phi) is 6.59. The first-order valence-corrected chi connectivity index (χ1v) is 12.6. The van der Waals surface area contributed by atoms with Crippen LogP contribution in [0.5, 0.6) is 0 Å². The van der Waals surface area contributed by atoms with E-state index in [9.17, 15) is 4.79 Å². The second-order valence-electron chi connectivity index (χ2n) is 8.75. The SMILES string of the molecule is Cn1cc(C(CC(=O)NC(Cc2ccccc2)c2ccccc2)c2ccsc2)c2ccccc21. The molecule has 2 heterocycles. The van der Waals surface area contributed by atoms with Crippen LogP contribution in [0.3, 0.4) is 0 Å². The van der Waals surface area contributed by atoms with Gasteiger partial charge in [0, 0.05) is 36.5 Å². The number of hydrogen-bond donors (Lipinski definition) is 1. The number of benzene rings is 3. The highest BCUT2D eigenvalue weighted by atomic mass is 32.1. The predicted molar refractivity (Wildman–Crippen MR) is 141 cm³/mol. The van der Waals surface area contributed by atoms with E-state index in [-0.39, 0.29) is 17.9 Å². The van der Waals surface area contributed by atoms with E-state index < -0.39 is 0 Å². The number of nitrogens with zero attached hydrogens (tertiary/aromatic N) is 1. The van der Waals surface area contributed by atoms with E-state index in [4.69, 9.17) is 0 Å². The maximum absolute atomic E-state index is 13.5. The summed E-state index contributed by atoms with van der Waals surface area (Å²) >= 11 is 1.68. The van der Waals surface area contributed by atoms with Gasteiger partial charge in [0.05, 0.1) is 6.04 Å². The summed E-state index contributed by atoms with van der Waals surface area (Å²) in [6, 6.07) is 31.1. The number of fused-ring (bicyclic) bond motifs is 1. The van der Waals surface area contributed by atoms with Gasteiger partial charge in [-0.2, -0.15) is 11.3 Å². The van der Waals surface area contributed by atoms with Crippen molar-refractivity contribution in [3.05, 3.63) is 130 Å². The van der Waals surface area contributed by atoms with Gasteiger partial charge >= 0.3 is 0 Å². The van der Waals surface area contributed by atoms with E-state index in [1.807, 2.05) is 36.4 Å². The van der Waals surface area contributed by atoms with Crippen LogP contribution in [0.4, 0.5) is 0 Å². The van der Waals surface area contributed by atoms with E-state index in [1.165, 1.54) is 27.6 Å². The van der Waals surface area contributed by atoms with Gasteiger partial charge in [-0.1, -0.05) is 78.9 Å². The van der Waals surface area contributed by atoms with E-state index in [0.29, 0.717) is 6.42 Å². The van der Waals surface area contributed by atoms with Gasteiger partial charge in [0.25, 0.3) is 0 Å². The number of nitrogens with one attached hydrogen (secondary N) is 1. The molecule has 5 rings (SSSR count). The van der Waals surface area contributed by atoms with Crippen LogP contribution in [0.15, 0.2) is 108 Å². The number of thiophene rings is 1. The Balaban J connectivity index is 1.43. The molecular weight excluding hydrogens is 436 g/mol. The van der Waals surface area contributed by atoms with Crippen LogP contribution >= 0.6 is 11.3 Å². The van der Waals surface area contributed by atoms with Gasteiger partial charge in [0.15, 0.2) is 0 Å². The second-order valence-corrected chi connectivity index (χ2v) is 9.53. The number of aromatic nitrogens is 1. The normalized spacial score (nSPS) is 13.0. The molecule has 3 aromatic carbocycles. The zero-order valence-corrected chi connectivity index (χ0v) is 20.0. The van der Waals surface area contributed by atoms with Crippen molar-refractivity contribution >= 4 is 28.1 Å². The van der Waals surface area contributed by atoms with Crippen LogP contribution in [0, 0.1) is 0 Å². The number of amides is 1. The third-order valence-corrected chi connectivity index (χ3v) is 7.16. The summed E-state index contributed by atoms with van der Waals surface area (Å²) < 4.78 is 2.16. The summed E-state index contributed by atoms with van der Waals surface area (Å²) in [4.78, 5) is 13.5. The fourth-order valence-corrected chi connectivity index (χ4v) is 5.47. The van der Waals surface area contributed by atoms with Crippen LogP contribution in [-0.2, 0) is 18.3 Å². The first-order valence-electron chi connectivity index (χ1n) is 11.6. The molecule has 2 aromatic heterocycles. The molecule has 0 radical (unpaired) electrons. The average Bonchev–Trinajstić information content (AvgIpc) is 3.52. The molecule has 2 atom stereocenters. The molecule has 1 amide bonds. The van der Waals surface area contributed by atoms with Crippen molar-refractivity contribution in [3.8, 4) is 0 Å². The highest BCUT2D eigenvalue weighted by Gasteiger charge is 2.24. The number of aryl methyl sites for hydroxylation is 1. The number of rotatable bonds is 8. The molecule has 34 heavy (non-hydrogen) atoms. The van der Waals surface area contributed by atoms with Crippen LogP contribution in [0.2, 0.25) is 0 Å². The van der Waals surface area contributed by atoms with Crippen LogP contribution < -0.4 is 5.32 Å². The molecule has 2 unspecified atom stereocenters. The Morgan fingerprint density at radius 3 is 2.32 bits per heavy atom. The standard InChI is InChI=1S/C30H28N2OS/c1-32-20-27(25-14-8-9-15-29(25)32)26(24-16-17-34-21-24)19-30(33)31-28(23-12-6-3-7-13-23)18-22-10-4-2-5-11-22/h2-17,20-21,26,28H,18-19H2,1H3,(H,31,33). The third kappa shape index (κ3) is 4.82. The van der Waals surface area contributed by atoms with Gasteiger partial charge in [-0.25, -0.2) is 0 Å². The number of para-hydroxylation sites is 1. The molecule has 0 bridgehead atoms. The maximum Gasteiger partial charge on any atom is 0.221 e. The molecule has 0 spiro atoms. The summed E-state index contributed by atoms with van der Waals surface area (Å²) in [5, 5.41) is 8.82. The number of hydrogen-bond acceptors (Lipinski definition) is 2. The highest BCUT2D eigenvalue weighted by molar-refractivity contribution is 7.08. The highest BCUT2D eigenvalue weighted by Crippen LogP contribution is 2.35. The fraction of sp³-hybridized carbons (Fsp3) is 0.167. The summed E-state index contributed by atoms with van der Waals surface area (Å²) in [6.45, 7) is 0. The lowest BCUT2D eigenvalue weighted by Crippen LogP contribution is -2.31. The topological polar surface area (TPSA) is 34.0 Å². The Hall–Kier alpha value is -3.63. The monoisotopic (exact) mass is 464 g/mol. The van der Waals surface area contributed by atoms with Gasteiger partial charge in [0.1, 0.15) is 0 Å². The van der Waals surface area contributed by atoms with Gasteiger partial charge in [-0.3, -0.25) is 4.79 Å². The first kappa shape index (κ1) is 22.2. The largest absolute Gasteiger partial charge is 0.350 e. The maximum atomic E-state index is 13.5. The van der Waals surface area contributed by atoms with E-state index >= 15 is 0 Å². The van der Waals surface area contributed by atoms with Gasteiger partial charge in [-0.05, 0) is 51.6 Å². The van der Waals surface area contributed by atoms with Crippen molar-refractivity contribution in [2.45, 2.75) is 24.8 Å². The summed E-state index contributed by atoms with van der Waals surface area (Å²) in [6.07, 6.45) is 3.34. The molecule has 4 heteroatoms. The third-order valence-electron chi connectivity index (χ3n) is 6.46. The Bertz CT molecular complexity index is 1360. The van der Waals surface area contributed by atoms with Crippen molar-refractivity contribution in [1.82, 2.24) is 9.88 Å². The lowest BCUT2D eigenvalue weighted by molar-refractivity contribution is -0.122. The predicted octanol–water partition coefficient (Wildman–Crippen LogP) is 6.86. The van der Waals surface area contributed by atoms with Gasteiger partial charge in [-0.15, -0.1) is 0 Å². The molecule has 0 aliphatic heterocycles. The molecular formula is C30H28N2OS. The Labute approximate surface area is 204 Å². The van der Waals surface area contributed by atoms with Gasteiger partial charge < -0.3 is 9.88 Å². The molecule has 3 nitrogen and oxygen atoms in total. The quantitative estimate of drug-likeness (QED) is 0.267. The minimum atomic E-state index is -0.0771. The molecule has 5 aromatic rings. The molecule has 0 saturated heterocycles.